The number of aromatic nitrogens is 1. The van der Waals surface area contributed by atoms with Gasteiger partial charge in [-0.25, -0.2) is 4.79 Å². The zero-order chi connectivity index (χ0) is 14.4. The quantitative estimate of drug-likeness (QED) is 0.853. The molecule has 1 aromatic carbocycles. The zero-order valence-corrected chi connectivity index (χ0v) is 12.2. The van der Waals surface area contributed by atoms with Crippen LogP contribution < -0.4 is 0 Å². The number of benzene rings is 1. The van der Waals surface area contributed by atoms with E-state index in [-0.39, 0.29) is 5.92 Å². The van der Waals surface area contributed by atoms with Gasteiger partial charge in [-0.1, -0.05) is 37.6 Å². The summed E-state index contributed by atoms with van der Waals surface area (Å²) in [5.74, 6) is -0.119. The van der Waals surface area contributed by atoms with Crippen molar-refractivity contribution in [2.75, 3.05) is 0 Å². The highest BCUT2D eigenvalue weighted by Crippen LogP contribution is 2.39. The van der Waals surface area contributed by atoms with E-state index in [1.165, 1.54) is 0 Å². The maximum Gasteiger partial charge on any atom is 0.336 e. The number of fused-ring (bicyclic) bond motifs is 2. The molecule has 0 radical (unpaired) electrons. The molecule has 0 fully saturated rings. The first-order valence-corrected chi connectivity index (χ1v) is 7.22. The molecule has 1 aliphatic rings. The van der Waals surface area contributed by atoms with Crippen LogP contribution in [0.1, 0.15) is 47.8 Å². The molecule has 1 N–H and O–H groups in total. The molecule has 104 valence electrons. The fourth-order valence-corrected chi connectivity index (χ4v) is 3.29. The molecule has 1 aliphatic carbocycles. The summed E-state index contributed by atoms with van der Waals surface area (Å²) in [5.41, 5.74) is 2.78. The second-order valence-electron chi connectivity index (χ2n) is 5.60. The van der Waals surface area contributed by atoms with Gasteiger partial charge in [0.15, 0.2) is 0 Å². The smallest absolute Gasteiger partial charge is 0.336 e. The average Bonchev–Trinajstić information content (AvgIpc) is 2.41. The normalized spacial score (nSPS) is 21.8. The van der Waals surface area contributed by atoms with Crippen LogP contribution >= 0.6 is 11.6 Å². The van der Waals surface area contributed by atoms with Gasteiger partial charge in [-0.2, -0.15) is 0 Å². The topological polar surface area (TPSA) is 50.2 Å². The van der Waals surface area contributed by atoms with Crippen LogP contribution in [0.3, 0.4) is 0 Å². The van der Waals surface area contributed by atoms with Crippen molar-refractivity contribution < 1.29 is 9.90 Å². The van der Waals surface area contributed by atoms with Crippen LogP contribution in [0.25, 0.3) is 10.9 Å². The van der Waals surface area contributed by atoms with Gasteiger partial charge < -0.3 is 5.11 Å². The van der Waals surface area contributed by atoms with Crippen LogP contribution in [-0.2, 0) is 6.42 Å². The zero-order valence-electron chi connectivity index (χ0n) is 11.5. The van der Waals surface area contributed by atoms with Crippen molar-refractivity contribution >= 4 is 28.5 Å². The molecule has 3 rings (SSSR count). The number of aromatic carboxylic acids is 1. The minimum Gasteiger partial charge on any atom is -0.478 e. The van der Waals surface area contributed by atoms with E-state index in [4.69, 9.17) is 16.6 Å². The number of carboxylic acids is 1. The molecular formula is C16H16ClNO2. The van der Waals surface area contributed by atoms with Crippen molar-refractivity contribution in [2.24, 2.45) is 5.92 Å². The fraction of sp³-hybridized carbons (Fsp3) is 0.375. The number of nitrogens with zero attached hydrogens (tertiary/aromatic N) is 1. The second-order valence-corrected chi connectivity index (χ2v) is 6.00. The van der Waals surface area contributed by atoms with Crippen LogP contribution in [-0.4, -0.2) is 16.1 Å². The number of para-hydroxylation sites is 1. The molecule has 4 heteroatoms. The van der Waals surface area contributed by atoms with Crippen molar-refractivity contribution in [3.8, 4) is 0 Å². The summed E-state index contributed by atoms with van der Waals surface area (Å²) in [6.07, 6.45) is 1.78. The van der Waals surface area contributed by atoms with Gasteiger partial charge in [-0.05, 0) is 30.4 Å². The number of pyridine rings is 1. The molecule has 2 unspecified atom stereocenters. The molecule has 2 atom stereocenters. The Balaban J connectivity index is 2.42. The lowest BCUT2D eigenvalue weighted by molar-refractivity contribution is 0.0697. The average molecular weight is 290 g/mol. The van der Waals surface area contributed by atoms with Crippen LogP contribution in [0.2, 0.25) is 5.02 Å². The lowest BCUT2D eigenvalue weighted by atomic mass is 9.78. The molecule has 0 bridgehead atoms. The third-order valence-electron chi connectivity index (χ3n) is 4.45. The van der Waals surface area contributed by atoms with E-state index >= 15 is 0 Å². The third kappa shape index (κ3) is 1.88. The Morgan fingerprint density at radius 3 is 2.85 bits per heavy atom. The maximum atomic E-state index is 11.7. The number of hydrogen-bond donors (Lipinski definition) is 1. The minimum atomic E-state index is -0.891. The monoisotopic (exact) mass is 289 g/mol. The number of hydrogen-bond acceptors (Lipinski definition) is 2. The fourth-order valence-electron chi connectivity index (χ4n) is 3.07. The summed E-state index contributed by atoms with van der Waals surface area (Å²) in [6, 6.07) is 5.33. The molecule has 0 amide bonds. The van der Waals surface area contributed by atoms with Gasteiger partial charge in [0.1, 0.15) is 0 Å². The van der Waals surface area contributed by atoms with Crippen LogP contribution in [0.5, 0.6) is 0 Å². The SMILES string of the molecule is CC1CCc2c(nc3c(Cl)cccc3c2C(=O)O)C1C. The van der Waals surface area contributed by atoms with Gasteiger partial charge in [0.05, 0.1) is 16.1 Å². The standard InChI is InChI=1S/C16H16ClNO2/c1-8-6-7-11-13(16(19)20)10-4-3-5-12(17)15(10)18-14(11)9(8)2/h3-5,8-9H,6-7H2,1-2H3,(H,19,20). The van der Waals surface area contributed by atoms with Crippen molar-refractivity contribution in [3.63, 3.8) is 0 Å². The predicted molar refractivity (Wildman–Crippen MR) is 79.6 cm³/mol. The van der Waals surface area contributed by atoms with Crippen LogP contribution in [0.4, 0.5) is 0 Å². The maximum absolute atomic E-state index is 11.7. The van der Waals surface area contributed by atoms with Crippen LogP contribution in [0, 0.1) is 5.92 Å². The molecule has 20 heavy (non-hydrogen) atoms. The van der Waals surface area contributed by atoms with E-state index in [0.29, 0.717) is 27.4 Å². The van der Waals surface area contributed by atoms with E-state index in [0.717, 1.165) is 24.1 Å². The first-order valence-electron chi connectivity index (χ1n) is 6.85. The predicted octanol–water partition coefficient (Wildman–Crippen LogP) is 4.27. The number of carboxylic acid groups (broad SMARTS) is 1. The Hall–Kier alpha value is -1.61. The molecule has 0 aliphatic heterocycles. The summed E-state index contributed by atoms with van der Waals surface area (Å²) < 4.78 is 0. The highest BCUT2D eigenvalue weighted by atomic mass is 35.5. The molecule has 1 aromatic heterocycles. The lowest BCUT2D eigenvalue weighted by Gasteiger charge is -2.29. The summed E-state index contributed by atoms with van der Waals surface area (Å²) >= 11 is 6.20. The molecule has 2 aromatic rings. The second kappa shape index (κ2) is 4.74. The van der Waals surface area contributed by atoms with E-state index in [1.807, 2.05) is 0 Å². The first-order chi connectivity index (χ1) is 9.50. The summed E-state index contributed by atoms with van der Waals surface area (Å²) in [7, 11) is 0. The summed E-state index contributed by atoms with van der Waals surface area (Å²) in [5, 5.41) is 10.8. The Kier molecular flexibility index (Phi) is 3.17. The Morgan fingerprint density at radius 2 is 2.15 bits per heavy atom. The van der Waals surface area contributed by atoms with E-state index in [9.17, 15) is 9.90 Å². The number of halogens is 1. The molecule has 3 nitrogen and oxygen atoms in total. The van der Waals surface area contributed by atoms with Crippen molar-refractivity contribution in [3.05, 3.63) is 40.0 Å². The van der Waals surface area contributed by atoms with Gasteiger partial charge in [-0.15, -0.1) is 0 Å². The first kappa shape index (κ1) is 13.4. The van der Waals surface area contributed by atoms with Gasteiger partial charge in [0.2, 0.25) is 0 Å². The molecule has 1 heterocycles. The van der Waals surface area contributed by atoms with Crippen molar-refractivity contribution in [1.29, 1.82) is 0 Å². The highest BCUT2D eigenvalue weighted by Gasteiger charge is 2.30. The van der Waals surface area contributed by atoms with Gasteiger partial charge in [0, 0.05) is 17.0 Å². The summed E-state index contributed by atoms with van der Waals surface area (Å²) in [6.45, 7) is 4.30. The Bertz CT molecular complexity index is 711. The van der Waals surface area contributed by atoms with E-state index < -0.39 is 5.97 Å². The molecule has 0 spiro atoms. The molecule has 0 saturated carbocycles. The van der Waals surface area contributed by atoms with E-state index in [2.05, 4.69) is 13.8 Å². The largest absolute Gasteiger partial charge is 0.478 e. The highest BCUT2D eigenvalue weighted by molar-refractivity contribution is 6.35. The van der Waals surface area contributed by atoms with Gasteiger partial charge in [0.25, 0.3) is 0 Å². The Morgan fingerprint density at radius 1 is 1.40 bits per heavy atom. The lowest BCUT2D eigenvalue weighted by Crippen LogP contribution is -2.21. The van der Waals surface area contributed by atoms with Crippen LogP contribution in [0.15, 0.2) is 18.2 Å². The number of rotatable bonds is 1. The summed E-state index contributed by atoms with van der Waals surface area (Å²) in [4.78, 5) is 16.4. The van der Waals surface area contributed by atoms with Gasteiger partial charge >= 0.3 is 5.97 Å². The third-order valence-corrected chi connectivity index (χ3v) is 4.75. The van der Waals surface area contributed by atoms with Gasteiger partial charge in [-0.3, -0.25) is 4.98 Å². The van der Waals surface area contributed by atoms with Crippen molar-refractivity contribution in [1.82, 2.24) is 4.98 Å². The van der Waals surface area contributed by atoms with E-state index in [1.54, 1.807) is 18.2 Å². The Labute approximate surface area is 122 Å². The van der Waals surface area contributed by atoms with Crippen molar-refractivity contribution in [2.45, 2.75) is 32.6 Å². The molecule has 0 saturated heterocycles. The molecular weight excluding hydrogens is 274 g/mol. The number of carbonyl (C=O) groups is 1. The minimum absolute atomic E-state index is 0.262.